The highest BCUT2D eigenvalue weighted by Gasteiger charge is 2.55. The molecule has 0 radical (unpaired) electrons. The van der Waals surface area contributed by atoms with Gasteiger partial charge in [-0.2, -0.15) is 0 Å². The third kappa shape index (κ3) is 2.93. The van der Waals surface area contributed by atoms with E-state index < -0.39 is 12.2 Å². The first-order chi connectivity index (χ1) is 14.0. The maximum atomic E-state index is 13.3. The van der Waals surface area contributed by atoms with Gasteiger partial charge in [-0.25, -0.2) is 9.79 Å². The molecule has 150 valence electrons. The van der Waals surface area contributed by atoms with Crippen molar-refractivity contribution in [3.8, 4) is 0 Å². The number of amides is 3. The van der Waals surface area contributed by atoms with Gasteiger partial charge < -0.3 is 9.80 Å². The molecule has 1 saturated heterocycles. The molecule has 0 aromatic heterocycles. The summed E-state index contributed by atoms with van der Waals surface area (Å²) < 4.78 is 0. The summed E-state index contributed by atoms with van der Waals surface area (Å²) in [6, 6.07) is 8.94. The zero-order valence-electron chi connectivity index (χ0n) is 16.9. The van der Waals surface area contributed by atoms with Crippen LogP contribution >= 0.6 is 0 Å². The van der Waals surface area contributed by atoms with E-state index in [0.29, 0.717) is 12.5 Å². The molecule has 3 aliphatic rings. The molecule has 4 rings (SSSR count). The SMILES string of the molecule is C=CCN1C2=NC3C(C(=O)N(C/C=C/c4ccccc4)C(=O)N3C)N2C(C)=C1C. The zero-order chi connectivity index (χ0) is 20.7. The minimum absolute atomic E-state index is 0.220. The Balaban J connectivity index is 1.60. The number of guanidine groups is 1. The summed E-state index contributed by atoms with van der Waals surface area (Å²) in [6.45, 7) is 8.64. The number of nitrogens with zero attached hydrogens (tertiary/aromatic N) is 5. The smallest absolute Gasteiger partial charge is 0.311 e. The van der Waals surface area contributed by atoms with Crippen molar-refractivity contribution in [2.75, 3.05) is 20.1 Å². The number of likely N-dealkylation sites (N-methyl/N-ethyl adjacent to an activating group) is 1. The highest BCUT2D eigenvalue weighted by Crippen LogP contribution is 2.37. The number of hydrogen-bond acceptors (Lipinski definition) is 5. The number of benzene rings is 1. The lowest BCUT2D eigenvalue weighted by Gasteiger charge is -2.40. The zero-order valence-corrected chi connectivity index (χ0v) is 16.9. The summed E-state index contributed by atoms with van der Waals surface area (Å²) in [5.74, 6) is 0.492. The number of hydrogen-bond donors (Lipinski definition) is 0. The first-order valence-electron chi connectivity index (χ1n) is 9.68. The van der Waals surface area contributed by atoms with Gasteiger partial charge in [-0.05, 0) is 19.4 Å². The molecule has 0 saturated carbocycles. The van der Waals surface area contributed by atoms with Gasteiger partial charge >= 0.3 is 6.03 Å². The second kappa shape index (κ2) is 7.24. The number of imide groups is 1. The van der Waals surface area contributed by atoms with Crippen LogP contribution < -0.4 is 0 Å². The van der Waals surface area contributed by atoms with Crippen molar-refractivity contribution in [2.45, 2.75) is 26.1 Å². The number of fused-ring (bicyclic) bond motifs is 3. The van der Waals surface area contributed by atoms with Crippen LogP contribution in [0.4, 0.5) is 4.79 Å². The van der Waals surface area contributed by atoms with E-state index in [1.54, 1.807) is 11.9 Å². The van der Waals surface area contributed by atoms with E-state index in [1.807, 2.05) is 72.2 Å². The Morgan fingerprint density at radius 3 is 2.48 bits per heavy atom. The molecule has 0 spiro atoms. The molecule has 3 amide bonds. The highest BCUT2D eigenvalue weighted by atomic mass is 16.2. The number of urea groups is 1. The van der Waals surface area contributed by atoms with Crippen LogP contribution in [0.25, 0.3) is 6.08 Å². The fourth-order valence-electron chi connectivity index (χ4n) is 4.05. The molecule has 1 aromatic carbocycles. The highest BCUT2D eigenvalue weighted by molar-refractivity contribution is 6.05. The van der Waals surface area contributed by atoms with Gasteiger partial charge in [0.1, 0.15) is 0 Å². The van der Waals surface area contributed by atoms with Gasteiger partial charge in [0.15, 0.2) is 12.2 Å². The minimum Gasteiger partial charge on any atom is -0.311 e. The second-order valence-corrected chi connectivity index (χ2v) is 7.38. The average molecular weight is 391 g/mol. The molecule has 2 unspecified atom stereocenters. The lowest BCUT2D eigenvalue weighted by molar-refractivity contribution is -0.136. The quantitative estimate of drug-likeness (QED) is 0.724. The normalized spacial score (nSPS) is 23.9. The molecule has 2 atom stereocenters. The van der Waals surface area contributed by atoms with Gasteiger partial charge in [0.05, 0.1) is 0 Å². The lowest BCUT2D eigenvalue weighted by atomic mass is 10.1. The Labute approximate surface area is 170 Å². The van der Waals surface area contributed by atoms with Crippen LogP contribution in [-0.2, 0) is 4.79 Å². The van der Waals surface area contributed by atoms with E-state index >= 15 is 0 Å². The number of aliphatic imine (C=N–C) groups is 1. The molecule has 0 aliphatic carbocycles. The second-order valence-electron chi connectivity index (χ2n) is 7.38. The molecule has 0 N–H and O–H groups in total. The molecule has 7 nitrogen and oxygen atoms in total. The van der Waals surface area contributed by atoms with E-state index in [1.165, 1.54) is 4.90 Å². The number of carbonyl (C=O) groups is 2. The van der Waals surface area contributed by atoms with E-state index in [9.17, 15) is 9.59 Å². The van der Waals surface area contributed by atoms with Crippen molar-refractivity contribution in [1.29, 1.82) is 0 Å². The van der Waals surface area contributed by atoms with Gasteiger partial charge in [0, 0.05) is 31.5 Å². The first kappa shape index (κ1) is 19.0. The van der Waals surface area contributed by atoms with E-state index in [-0.39, 0.29) is 18.5 Å². The van der Waals surface area contributed by atoms with Crippen molar-refractivity contribution in [3.05, 3.63) is 66.0 Å². The maximum Gasteiger partial charge on any atom is 0.328 e. The van der Waals surface area contributed by atoms with Crippen molar-refractivity contribution in [3.63, 3.8) is 0 Å². The lowest BCUT2D eigenvalue weighted by Crippen LogP contribution is -2.64. The topological polar surface area (TPSA) is 59.5 Å². The summed E-state index contributed by atoms with van der Waals surface area (Å²) in [6.07, 6.45) is 5.05. The average Bonchev–Trinajstić information content (AvgIpc) is 3.22. The van der Waals surface area contributed by atoms with Crippen LogP contribution in [0.5, 0.6) is 0 Å². The molecular formula is C22H25N5O2. The molecule has 29 heavy (non-hydrogen) atoms. The Bertz CT molecular complexity index is 949. The number of allylic oxidation sites excluding steroid dienone is 2. The van der Waals surface area contributed by atoms with Crippen molar-refractivity contribution in [2.24, 2.45) is 4.99 Å². The standard InChI is InChI=1S/C22H25N5O2/c1-5-13-25-15(2)16(3)27-18-19(23-21(25)27)24(4)22(29)26(20(18)28)14-9-12-17-10-7-6-8-11-17/h5-12,18-19H,1,13-14H2,2-4H3/b12-9+. The third-order valence-corrected chi connectivity index (χ3v) is 5.71. The van der Waals surface area contributed by atoms with Crippen LogP contribution in [0.15, 0.2) is 65.4 Å². The monoisotopic (exact) mass is 391 g/mol. The van der Waals surface area contributed by atoms with E-state index in [2.05, 4.69) is 6.58 Å². The van der Waals surface area contributed by atoms with Gasteiger partial charge in [0.25, 0.3) is 5.91 Å². The van der Waals surface area contributed by atoms with Crippen LogP contribution in [0.3, 0.4) is 0 Å². The van der Waals surface area contributed by atoms with Gasteiger partial charge in [-0.1, -0.05) is 48.6 Å². The van der Waals surface area contributed by atoms with Crippen LogP contribution in [0.2, 0.25) is 0 Å². The van der Waals surface area contributed by atoms with Crippen LogP contribution in [0.1, 0.15) is 19.4 Å². The summed E-state index contributed by atoms with van der Waals surface area (Å²) in [5.41, 5.74) is 3.05. The molecule has 0 bridgehead atoms. The molecule has 3 aliphatic heterocycles. The van der Waals surface area contributed by atoms with Crippen molar-refractivity contribution in [1.82, 2.24) is 19.6 Å². The summed E-state index contributed by atoms with van der Waals surface area (Å²) in [4.78, 5) is 37.8. The maximum absolute atomic E-state index is 13.3. The van der Waals surface area contributed by atoms with Crippen LogP contribution in [0, 0.1) is 0 Å². The minimum atomic E-state index is -0.539. The van der Waals surface area contributed by atoms with Gasteiger partial charge in [-0.3, -0.25) is 14.6 Å². The fourth-order valence-corrected chi connectivity index (χ4v) is 4.05. The van der Waals surface area contributed by atoms with Crippen molar-refractivity contribution < 1.29 is 9.59 Å². The van der Waals surface area contributed by atoms with E-state index in [0.717, 1.165) is 17.0 Å². The summed E-state index contributed by atoms with van der Waals surface area (Å²) in [7, 11) is 1.70. The Kier molecular flexibility index (Phi) is 4.74. The Morgan fingerprint density at radius 1 is 1.07 bits per heavy atom. The summed E-state index contributed by atoms with van der Waals surface area (Å²) >= 11 is 0. The molecule has 3 heterocycles. The van der Waals surface area contributed by atoms with Gasteiger partial charge in [-0.15, -0.1) is 6.58 Å². The van der Waals surface area contributed by atoms with Crippen LogP contribution in [-0.4, -0.2) is 69.8 Å². The largest absolute Gasteiger partial charge is 0.328 e. The molecular weight excluding hydrogens is 366 g/mol. The third-order valence-electron chi connectivity index (χ3n) is 5.71. The fraction of sp³-hybridized carbons (Fsp3) is 0.318. The van der Waals surface area contributed by atoms with E-state index in [4.69, 9.17) is 4.99 Å². The number of rotatable bonds is 5. The van der Waals surface area contributed by atoms with Gasteiger partial charge in [0.2, 0.25) is 5.96 Å². The first-order valence-corrected chi connectivity index (χ1v) is 9.68. The Hall–Kier alpha value is -3.35. The predicted molar refractivity (Wildman–Crippen MR) is 112 cm³/mol. The molecule has 1 fully saturated rings. The molecule has 1 aromatic rings. The number of carbonyl (C=O) groups excluding carboxylic acids is 2. The van der Waals surface area contributed by atoms with Crippen molar-refractivity contribution >= 4 is 24.0 Å². The predicted octanol–water partition coefficient (Wildman–Crippen LogP) is 2.71. The Morgan fingerprint density at radius 2 is 1.79 bits per heavy atom. The summed E-state index contributed by atoms with van der Waals surface area (Å²) in [5, 5.41) is 0. The molecule has 7 heteroatoms.